The van der Waals surface area contributed by atoms with Crippen LogP contribution < -0.4 is 14.2 Å². The van der Waals surface area contributed by atoms with Gasteiger partial charge in [-0.15, -0.1) is 13.2 Å². The molecule has 34 heavy (non-hydrogen) atoms. The predicted molar refractivity (Wildman–Crippen MR) is 118 cm³/mol. The summed E-state index contributed by atoms with van der Waals surface area (Å²) in [5.74, 6) is -0.138. The molecule has 1 aliphatic rings. The van der Waals surface area contributed by atoms with Crippen LogP contribution in [0.3, 0.4) is 0 Å². The summed E-state index contributed by atoms with van der Waals surface area (Å²) in [4.78, 5) is 28.4. The Morgan fingerprint density at radius 3 is 2.47 bits per heavy atom. The summed E-state index contributed by atoms with van der Waals surface area (Å²) in [5.41, 5.74) is 1.18. The van der Waals surface area contributed by atoms with E-state index in [9.17, 15) is 22.8 Å². The van der Waals surface area contributed by atoms with Gasteiger partial charge in [-0.1, -0.05) is 24.3 Å². The predicted octanol–water partition coefficient (Wildman–Crippen LogP) is 3.65. The fourth-order valence-electron chi connectivity index (χ4n) is 3.96. The molecule has 0 aromatic heterocycles. The molecule has 1 heterocycles. The van der Waals surface area contributed by atoms with Crippen molar-refractivity contribution >= 4 is 11.8 Å². The first-order valence-corrected chi connectivity index (χ1v) is 10.7. The molecule has 0 spiro atoms. The lowest BCUT2D eigenvalue weighted by Gasteiger charge is -2.23. The molecule has 0 N–H and O–H groups in total. The maximum atomic E-state index is 12.9. The van der Waals surface area contributed by atoms with Gasteiger partial charge >= 0.3 is 6.36 Å². The number of alkyl halides is 3. The second-order valence-electron chi connectivity index (χ2n) is 8.03. The molecular weight excluding hydrogens is 453 g/mol. The Bertz CT molecular complexity index is 1030. The van der Waals surface area contributed by atoms with Gasteiger partial charge in [-0.2, -0.15) is 0 Å². The van der Waals surface area contributed by atoms with Crippen LogP contribution in [0.4, 0.5) is 13.2 Å². The highest BCUT2D eigenvalue weighted by Gasteiger charge is 2.36. The zero-order valence-electron chi connectivity index (χ0n) is 19.2. The van der Waals surface area contributed by atoms with E-state index in [2.05, 4.69) is 4.74 Å². The number of nitrogens with zero attached hydrogens (tertiary/aromatic N) is 2. The quantitative estimate of drug-likeness (QED) is 0.548. The fourth-order valence-corrected chi connectivity index (χ4v) is 3.96. The number of rotatable bonds is 9. The van der Waals surface area contributed by atoms with Crippen molar-refractivity contribution in [1.82, 2.24) is 9.80 Å². The largest absolute Gasteiger partial charge is 0.573 e. The van der Waals surface area contributed by atoms with Crippen molar-refractivity contribution in [2.45, 2.75) is 25.7 Å². The Morgan fingerprint density at radius 1 is 1.09 bits per heavy atom. The van der Waals surface area contributed by atoms with Gasteiger partial charge in [0.1, 0.15) is 5.75 Å². The first-order valence-electron chi connectivity index (χ1n) is 10.7. The molecule has 2 amide bonds. The lowest BCUT2D eigenvalue weighted by molar-refractivity contribution is -0.275. The standard InChI is InChI=1S/C24H27F3N2O5/c1-28(14-17-6-4-5-7-19(17)34-24(25,26)27)23(31)18-13-22(30)29(15-18)11-10-16-8-9-20(32-2)21(12-16)33-3/h4-9,12,18H,10-11,13-15H2,1-3H3. The number of carbonyl (C=O) groups excluding carboxylic acids is 2. The number of ether oxygens (including phenoxy) is 3. The van der Waals surface area contributed by atoms with Crippen LogP contribution in [0.5, 0.6) is 17.2 Å². The number of para-hydroxylation sites is 1. The van der Waals surface area contributed by atoms with Crippen LogP contribution in [0.15, 0.2) is 42.5 Å². The molecule has 1 aliphatic heterocycles. The van der Waals surface area contributed by atoms with Gasteiger partial charge in [0.05, 0.1) is 20.1 Å². The SMILES string of the molecule is COc1ccc(CCN2CC(C(=O)N(C)Cc3ccccc3OC(F)(F)F)CC2=O)cc1OC. The molecular formula is C24H27F3N2O5. The van der Waals surface area contributed by atoms with Crippen LogP contribution in [0, 0.1) is 5.92 Å². The maximum Gasteiger partial charge on any atom is 0.573 e. The molecule has 1 atom stereocenters. The van der Waals surface area contributed by atoms with Gasteiger partial charge in [0.15, 0.2) is 11.5 Å². The van der Waals surface area contributed by atoms with Gasteiger partial charge in [0.25, 0.3) is 0 Å². The van der Waals surface area contributed by atoms with E-state index in [1.807, 2.05) is 12.1 Å². The lowest BCUT2D eigenvalue weighted by Crippen LogP contribution is -2.35. The number of hydrogen-bond donors (Lipinski definition) is 0. The van der Waals surface area contributed by atoms with Crippen molar-refractivity contribution < 1.29 is 37.0 Å². The van der Waals surface area contributed by atoms with Crippen LogP contribution in [0.1, 0.15) is 17.5 Å². The average Bonchev–Trinajstić information content (AvgIpc) is 3.17. The molecule has 0 radical (unpaired) electrons. The highest BCUT2D eigenvalue weighted by Crippen LogP contribution is 2.29. The van der Waals surface area contributed by atoms with Gasteiger partial charge in [0, 0.05) is 38.7 Å². The number of likely N-dealkylation sites (tertiary alicyclic amines) is 1. The van der Waals surface area contributed by atoms with Crippen molar-refractivity contribution in [2.24, 2.45) is 5.92 Å². The molecule has 1 fully saturated rings. The smallest absolute Gasteiger partial charge is 0.493 e. The number of carbonyl (C=O) groups is 2. The van der Waals surface area contributed by atoms with Crippen LogP contribution in [-0.2, 0) is 22.6 Å². The second-order valence-corrected chi connectivity index (χ2v) is 8.03. The zero-order valence-corrected chi connectivity index (χ0v) is 19.2. The number of hydrogen-bond acceptors (Lipinski definition) is 5. The van der Waals surface area contributed by atoms with E-state index < -0.39 is 12.3 Å². The summed E-state index contributed by atoms with van der Waals surface area (Å²) in [6.45, 7) is 0.626. The minimum atomic E-state index is -4.83. The number of halogens is 3. The van der Waals surface area contributed by atoms with Crippen molar-refractivity contribution in [2.75, 3.05) is 34.4 Å². The van der Waals surface area contributed by atoms with E-state index in [4.69, 9.17) is 9.47 Å². The highest BCUT2D eigenvalue weighted by atomic mass is 19.4. The first-order chi connectivity index (χ1) is 16.1. The van der Waals surface area contributed by atoms with E-state index in [1.165, 1.54) is 30.1 Å². The average molecular weight is 480 g/mol. The summed E-state index contributed by atoms with van der Waals surface area (Å²) < 4.78 is 52.6. The van der Waals surface area contributed by atoms with E-state index in [0.29, 0.717) is 24.5 Å². The van der Waals surface area contributed by atoms with Crippen molar-refractivity contribution in [3.8, 4) is 17.2 Å². The van der Waals surface area contributed by atoms with Crippen molar-refractivity contribution in [3.63, 3.8) is 0 Å². The summed E-state index contributed by atoms with van der Waals surface area (Å²) in [6.07, 6.45) is -4.19. The number of methoxy groups -OCH3 is 2. The minimum absolute atomic E-state index is 0.0653. The Balaban J connectivity index is 1.59. The van der Waals surface area contributed by atoms with Gasteiger partial charge in [-0.3, -0.25) is 9.59 Å². The summed E-state index contributed by atoms with van der Waals surface area (Å²) in [7, 11) is 4.60. The summed E-state index contributed by atoms with van der Waals surface area (Å²) >= 11 is 0. The number of benzene rings is 2. The van der Waals surface area contributed by atoms with Crippen LogP contribution in [0.2, 0.25) is 0 Å². The Kier molecular flexibility index (Phi) is 7.90. The second kappa shape index (κ2) is 10.7. The molecule has 184 valence electrons. The van der Waals surface area contributed by atoms with E-state index in [1.54, 1.807) is 31.3 Å². The van der Waals surface area contributed by atoms with E-state index >= 15 is 0 Å². The lowest BCUT2D eigenvalue weighted by atomic mass is 10.1. The van der Waals surface area contributed by atoms with Gasteiger partial charge < -0.3 is 24.0 Å². The molecule has 0 saturated carbocycles. The van der Waals surface area contributed by atoms with Crippen LogP contribution in [-0.4, -0.2) is 62.3 Å². The minimum Gasteiger partial charge on any atom is -0.493 e. The maximum absolute atomic E-state index is 12.9. The third-order valence-corrected chi connectivity index (χ3v) is 5.66. The summed E-state index contributed by atoms with van der Waals surface area (Å²) in [6, 6.07) is 11.2. The summed E-state index contributed by atoms with van der Waals surface area (Å²) in [5, 5.41) is 0. The topological polar surface area (TPSA) is 68.3 Å². The molecule has 0 aliphatic carbocycles. The highest BCUT2D eigenvalue weighted by molar-refractivity contribution is 5.89. The molecule has 1 unspecified atom stereocenters. The van der Waals surface area contributed by atoms with E-state index in [0.717, 1.165) is 5.56 Å². The van der Waals surface area contributed by atoms with Gasteiger partial charge in [0.2, 0.25) is 11.8 Å². The van der Waals surface area contributed by atoms with Crippen molar-refractivity contribution in [1.29, 1.82) is 0 Å². The Hall–Kier alpha value is -3.43. The molecule has 2 aromatic carbocycles. The van der Waals surface area contributed by atoms with Crippen LogP contribution in [0.25, 0.3) is 0 Å². The van der Waals surface area contributed by atoms with Gasteiger partial charge in [-0.25, -0.2) is 0 Å². The molecule has 2 aromatic rings. The third-order valence-electron chi connectivity index (χ3n) is 5.66. The number of amides is 2. The van der Waals surface area contributed by atoms with Crippen LogP contribution >= 0.6 is 0 Å². The molecule has 0 bridgehead atoms. The van der Waals surface area contributed by atoms with Gasteiger partial charge in [-0.05, 0) is 30.2 Å². The third kappa shape index (κ3) is 6.33. The van der Waals surface area contributed by atoms with Crippen molar-refractivity contribution in [3.05, 3.63) is 53.6 Å². The Labute approximate surface area is 196 Å². The molecule has 10 heteroatoms. The molecule has 1 saturated heterocycles. The zero-order chi connectivity index (χ0) is 24.9. The molecule has 7 nitrogen and oxygen atoms in total. The monoisotopic (exact) mass is 480 g/mol. The fraction of sp³-hybridized carbons (Fsp3) is 0.417. The molecule has 3 rings (SSSR count). The van der Waals surface area contributed by atoms with E-state index in [-0.39, 0.29) is 42.6 Å². The normalized spacial score (nSPS) is 15.9. The first kappa shape index (κ1) is 25.2. The Morgan fingerprint density at radius 2 is 1.79 bits per heavy atom.